The van der Waals surface area contributed by atoms with Gasteiger partial charge in [0, 0.05) is 24.4 Å². The van der Waals surface area contributed by atoms with E-state index in [-0.39, 0.29) is 17.8 Å². The van der Waals surface area contributed by atoms with Crippen molar-refractivity contribution < 1.29 is 14.1 Å². The van der Waals surface area contributed by atoms with Crippen LogP contribution in [0.2, 0.25) is 0 Å². The van der Waals surface area contributed by atoms with Crippen LogP contribution in [0.15, 0.2) is 36.5 Å². The number of halogens is 1. The van der Waals surface area contributed by atoms with Crippen LogP contribution < -0.4 is 5.32 Å². The van der Waals surface area contributed by atoms with Crippen molar-refractivity contribution in [3.05, 3.63) is 69.3 Å². The Hall–Kier alpha value is -2.83. The third-order valence-electron chi connectivity index (χ3n) is 3.06. The van der Waals surface area contributed by atoms with E-state index < -0.39 is 16.8 Å². The summed E-state index contributed by atoms with van der Waals surface area (Å²) in [5.74, 6) is -1.47. The van der Waals surface area contributed by atoms with E-state index in [1.807, 2.05) is 0 Å². The Morgan fingerprint density at radius 2 is 2.14 bits per heavy atom. The first-order valence-corrected chi connectivity index (χ1v) is 6.12. The van der Waals surface area contributed by atoms with Crippen LogP contribution in [0.3, 0.4) is 0 Å². The number of nitrogens with zero attached hydrogens (tertiary/aromatic N) is 2. The molecule has 0 saturated heterocycles. The van der Waals surface area contributed by atoms with E-state index in [0.29, 0.717) is 11.1 Å². The van der Waals surface area contributed by atoms with Crippen molar-refractivity contribution >= 4 is 11.6 Å². The van der Waals surface area contributed by atoms with Gasteiger partial charge in [-0.1, -0.05) is 12.1 Å². The first-order chi connectivity index (χ1) is 10.0. The SMILES string of the molecule is Cc1c(CNC(=O)c2cccnc2F)cccc1[N+](=O)[O-]. The number of aromatic nitrogens is 1. The summed E-state index contributed by atoms with van der Waals surface area (Å²) in [5.41, 5.74) is 0.881. The first-order valence-electron chi connectivity index (χ1n) is 6.12. The molecule has 2 aromatic rings. The molecular weight excluding hydrogens is 277 g/mol. The van der Waals surface area contributed by atoms with Crippen molar-refractivity contribution in [2.75, 3.05) is 0 Å². The second-order valence-electron chi connectivity index (χ2n) is 4.34. The van der Waals surface area contributed by atoms with Crippen molar-refractivity contribution in [3.8, 4) is 0 Å². The summed E-state index contributed by atoms with van der Waals surface area (Å²) in [6.45, 7) is 1.67. The lowest BCUT2D eigenvalue weighted by Crippen LogP contribution is -2.24. The molecule has 0 saturated carbocycles. The van der Waals surface area contributed by atoms with Crippen LogP contribution in [0.5, 0.6) is 0 Å². The quantitative estimate of drug-likeness (QED) is 0.532. The zero-order chi connectivity index (χ0) is 15.4. The standard InChI is InChI=1S/C14H12FN3O3/c1-9-10(4-2-6-12(9)18(20)21)8-17-14(19)11-5-3-7-16-13(11)15/h2-7H,8H2,1H3,(H,17,19). The van der Waals surface area contributed by atoms with E-state index in [2.05, 4.69) is 10.3 Å². The van der Waals surface area contributed by atoms with E-state index >= 15 is 0 Å². The molecule has 0 aliphatic carbocycles. The summed E-state index contributed by atoms with van der Waals surface area (Å²) in [4.78, 5) is 25.6. The minimum Gasteiger partial charge on any atom is -0.348 e. The topological polar surface area (TPSA) is 85.1 Å². The van der Waals surface area contributed by atoms with Gasteiger partial charge in [0.2, 0.25) is 5.95 Å². The van der Waals surface area contributed by atoms with Crippen LogP contribution in [0, 0.1) is 23.0 Å². The number of nitro benzene ring substituents is 1. The van der Waals surface area contributed by atoms with Gasteiger partial charge in [-0.3, -0.25) is 14.9 Å². The maximum atomic E-state index is 13.4. The largest absolute Gasteiger partial charge is 0.348 e. The Morgan fingerprint density at radius 3 is 2.81 bits per heavy atom. The lowest BCUT2D eigenvalue weighted by Gasteiger charge is -2.08. The molecule has 1 heterocycles. The average molecular weight is 289 g/mol. The fourth-order valence-electron chi connectivity index (χ4n) is 1.89. The van der Waals surface area contributed by atoms with Crippen LogP contribution in [0.25, 0.3) is 0 Å². The molecule has 108 valence electrons. The molecule has 0 atom stereocenters. The van der Waals surface area contributed by atoms with Crippen molar-refractivity contribution in [2.45, 2.75) is 13.5 Å². The van der Waals surface area contributed by atoms with Crippen LogP contribution in [0.4, 0.5) is 10.1 Å². The summed E-state index contributed by atoms with van der Waals surface area (Å²) in [6, 6.07) is 7.37. The molecule has 0 aliphatic heterocycles. The second-order valence-corrected chi connectivity index (χ2v) is 4.34. The van der Waals surface area contributed by atoms with Crippen molar-refractivity contribution in [2.24, 2.45) is 0 Å². The van der Waals surface area contributed by atoms with E-state index in [0.717, 1.165) is 0 Å². The summed E-state index contributed by atoms with van der Waals surface area (Å²) in [5, 5.41) is 13.4. The maximum Gasteiger partial charge on any atom is 0.272 e. The summed E-state index contributed by atoms with van der Waals surface area (Å²) >= 11 is 0. The van der Waals surface area contributed by atoms with Crippen LogP contribution in [-0.4, -0.2) is 15.8 Å². The predicted octanol–water partition coefficient (Wildman–Crippen LogP) is 2.37. The number of amides is 1. The van der Waals surface area contributed by atoms with E-state index in [9.17, 15) is 19.3 Å². The molecule has 21 heavy (non-hydrogen) atoms. The minimum absolute atomic E-state index is 0.0192. The molecule has 1 aromatic carbocycles. The van der Waals surface area contributed by atoms with Gasteiger partial charge >= 0.3 is 0 Å². The maximum absolute atomic E-state index is 13.4. The lowest BCUT2D eigenvalue weighted by atomic mass is 10.1. The Morgan fingerprint density at radius 1 is 1.38 bits per heavy atom. The molecule has 1 aromatic heterocycles. The molecule has 1 amide bonds. The molecule has 0 spiro atoms. The van der Waals surface area contributed by atoms with Gasteiger partial charge in [-0.15, -0.1) is 0 Å². The summed E-state index contributed by atoms with van der Waals surface area (Å²) < 4.78 is 13.4. The highest BCUT2D eigenvalue weighted by Crippen LogP contribution is 2.20. The first kappa shape index (κ1) is 14.6. The van der Waals surface area contributed by atoms with Crippen LogP contribution in [0.1, 0.15) is 21.5 Å². The Labute approximate surface area is 119 Å². The van der Waals surface area contributed by atoms with Crippen molar-refractivity contribution in [3.63, 3.8) is 0 Å². The van der Waals surface area contributed by atoms with Gasteiger partial charge in [0.1, 0.15) is 0 Å². The number of pyridine rings is 1. The molecule has 7 heteroatoms. The Balaban J connectivity index is 2.14. The number of rotatable bonds is 4. The van der Waals surface area contributed by atoms with Gasteiger partial charge in [-0.25, -0.2) is 4.98 Å². The highest BCUT2D eigenvalue weighted by Gasteiger charge is 2.15. The van der Waals surface area contributed by atoms with E-state index in [1.165, 1.54) is 30.5 Å². The van der Waals surface area contributed by atoms with Crippen LogP contribution >= 0.6 is 0 Å². The monoisotopic (exact) mass is 289 g/mol. The normalized spacial score (nSPS) is 10.2. The van der Waals surface area contributed by atoms with Crippen molar-refractivity contribution in [1.29, 1.82) is 0 Å². The van der Waals surface area contributed by atoms with Gasteiger partial charge < -0.3 is 5.32 Å². The molecule has 0 radical (unpaired) electrons. The van der Waals surface area contributed by atoms with Gasteiger partial charge in [0.25, 0.3) is 11.6 Å². The fourth-order valence-corrected chi connectivity index (χ4v) is 1.89. The smallest absolute Gasteiger partial charge is 0.272 e. The number of nitro groups is 1. The summed E-state index contributed by atoms with van der Waals surface area (Å²) in [7, 11) is 0. The third-order valence-corrected chi connectivity index (χ3v) is 3.06. The van der Waals surface area contributed by atoms with Crippen molar-refractivity contribution in [1.82, 2.24) is 10.3 Å². The number of carbonyl (C=O) groups excluding carboxylic acids is 1. The third kappa shape index (κ3) is 3.19. The zero-order valence-electron chi connectivity index (χ0n) is 11.2. The summed E-state index contributed by atoms with van der Waals surface area (Å²) in [6.07, 6.45) is 1.25. The van der Waals surface area contributed by atoms with Crippen LogP contribution in [-0.2, 0) is 6.54 Å². The van der Waals surface area contributed by atoms with Gasteiger partial charge in [-0.05, 0) is 24.6 Å². The number of nitrogens with one attached hydrogen (secondary N) is 1. The molecule has 0 bridgehead atoms. The van der Waals surface area contributed by atoms with Gasteiger partial charge in [0.05, 0.1) is 10.5 Å². The number of hydrogen-bond acceptors (Lipinski definition) is 4. The van der Waals surface area contributed by atoms with E-state index in [1.54, 1.807) is 13.0 Å². The Bertz CT molecular complexity index is 704. The molecule has 1 N–H and O–H groups in total. The molecule has 6 nitrogen and oxygen atoms in total. The van der Waals surface area contributed by atoms with Gasteiger partial charge in [0.15, 0.2) is 0 Å². The lowest BCUT2D eigenvalue weighted by molar-refractivity contribution is -0.385. The molecule has 2 rings (SSSR count). The number of hydrogen-bond donors (Lipinski definition) is 1. The van der Waals surface area contributed by atoms with Gasteiger partial charge in [-0.2, -0.15) is 4.39 Å². The highest BCUT2D eigenvalue weighted by atomic mass is 19.1. The molecule has 0 aliphatic rings. The minimum atomic E-state index is -0.856. The fraction of sp³-hybridized carbons (Fsp3) is 0.143. The highest BCUT2D eigenvalue weighted by molar-refractivity contribution is 5.94. The molecular formula is C14H12FN3O3. The number of carbonyl (C=O) groups is 1. The Kier molecular flexibility index (Phi) is 4.22. The molecule has 0 fully saturated rings. The second kappa shape index (κ2) is 6.08. The number of benzene rings is 1. The zero-order valence-corrected chi connectivity index (χ0v) is 11.2. The molecule has 0 unspecified atom stereocenters. The average Bonchev–Trinajstić information content (AvgIpc) is 2.46. The predicted molar refractivity (Wildman–Crippen MR) is 73.2 cm³/mol. The van der Waals surface area contributed by atoms with E-state index in [4.69, 9.17) is 0 Å².